The highest BCUT2D eigenvalue weighted by Crippen LogP contribution is 2.17. The number of phenolic OH excluding ortho intramolecular Hbond substituents is 1. The predicted octanol–water partition coefficient (Wildman–Crippen LogP) is 3.50. The van der Waals surface area contributed by atoms with Crippen LogP contribution in [0, 0.1) is 24.6 Å². The number of nitrogens with one attached hydrogen (secondary N) is 1. The summed E-state index contributed by atoms with van der Waals surface area (Å²) in [5.41, 5.74) is 1.35. The highest BCUT2D eigenvalue weighted by molar-refractivity contribution is 7.14. The molecule has 142 valence electrons. The molecule has 1 amide bonds. The lowest BCUT2D eigenvalue weighted by molar-refractivity contribution is 0.0950. The number of thiazole rings is 1. The van der Waals surface area contributed by atoms with E-state index >= 15 is 0 Å². The molecule has 0 aliphatic rings. The molecule has 0 atom stereocenters. The van der Waals surface area contributed by atoms with Crippen LogP contribution >= 0.6 is 11.3 Å². The van der Waals surface area contributed by atoms with Gasteiger partial charge in [0.2, 0.25) is 0 Å². The lowest BCUT2D eigenvalue weighted by Crippen LogP contribution is -2.27. The topological polar surface area (TPSA) is 71.5 Å². The van der Waals surface area contributed by atoms with Crippen molar-refractivity contribution in [3.8, 4) is 23.3 Å². The van der Waals surface area contributed by atoms with Crippen LogP contribution < -0.4 is 10.1 Å². The van der Waals surface area contributed by atoms with Crippen molar-refractivity contribution in [1.29, 1.82) is 0 Å². The lowest BCUT2D eigenvalue weighted by Gasteiger charge is -2.07. The summed E-state index contributed by atoms with van der Waals surface area (Å²) < 4.78 is 18.3. The van der Waals surface area contributed by atoms with E-state index in [2.05, 4.69) is 22.1 Å². The summed E-state index contributed by atoms with van der Waals surface area (Å²) in [6.45, 7) is 2.33. The normalized spacial score (nSPS) is 10.1. The SMILES string of the molecule is Cc1nc(C#Cc2ccc(O)cc2)sc1C(=O)NCCOc1ccc(F)cc1. The van der Waals surface area contributed by atoms with E-state index in [0.29, 0.717) is 27.9 Å². The first-order valence-corrected chi connectivity index (χ1v) is 9.28. The van der Waals surface area contributed by atoms with Gasteiger partial charge < -0.3 is 15.2 Å². The fourth-order valence-electron chi connectivity index (χ4n) is 2.28. The van der Waals surface area contributed by atoms with Crippen LogP contribution in [0.3, 0.4) is 0 Å². The minimum atomic E-state index is -0.328. The van der Waals surface area contributed by atoms with E-state index in [1.54, 1.807) is 31.2 Å². The second-order valence-corrected chi connectivity index (χ2v) is 6.79. The quantitative estimate of drug-likeness (QED) is 0.512. The van der Waals surface area contributed by atoms with Crippen LogP contribution in [0.25, 0.3) is 0 Å². The van der Waals surface area contributed by atoms with Crippen LogP contribution in [0.15, 0.2) is 48.5 Å². The Bertz CT molecular complexity index is 1020. The average molecular weight is 396 g/mol. The number of aryl methyl sites for hydroxylation is 1. The summed E-state index contributed by atoms with van der Waals surface area (Å²) in [7, 11) is 0. The zero-order valence-corrected chi connectivity index (χ0v) is 15.8. The van der Waals surface area contributed by atoms with Gasteiger partial charge in [0.15, 0.2) is 5.01 Å². The van der Waals surface area contributed by atoms with Crippen LogP contribution in [0.1, 0.15) is 25.9 Å². The van der Waals surface area contributed by atoms with Crippen molar-refractivity contribution in [2.24, 2.45) is 0 Å². The first-order chi connectivity index (χ1) is 13.5. The second kappa shape index (κ2) is 9.02. The molecule has 0 radical (unpaired) electrons. The summed E-state index contributed by atoms with van der Waals surface area (Å²) in [4.78, 5) is 17.1. The molecule has 0 aliphatic heterocycles. The Labute approximate surface area is 165 Å². The number of hydrogen-bond acceptors (Lipinski definition) is 5. The number of carbonyl (C=O) groups is 1. The van der Waals surface area contributed by atoms with Crippen molar-refractivity contribution in [2.75, 3.05) is 13.2 Å². The summed E-state index contributed by atoms with van der Waals surface area (Å²) in [5.74, 6) is 6.03. The first kappa shape index (κ1) is 19.4. The van der Waals surface area contributed by atoms with Gasteiger partial charge in [-0.2, -0.15) is 0 Å². The van der Waals surface area contributed by atoms with E-state index in [9.17, 15) is 14.3 Å². The van der Waals surface area contributed by atoms with E-state index in [-0.39, 0.29) is 24.1 Å². The molecule has 0 saturated carbocycles. The third-order valence-electron chi connectivity index (χ3n) is 3.65. The molecule has 5 nitrogen and oxygen atoms in total. The number of ether oxygens (including phenoxy) is 1. The van der Waals surface area contributed by atoms with E-state index in [0.717, 1.165) is 5.56 Å². The number of rotatable bonds is 5. The Morgan fingerprint density at radius 2 is 1.89 bits per heavy atom. The number of carbonyl (C=O) groups excluding carboxylic acids is 1. The molecule has 7 heteroatoms. The molecule has 0 saturated heterocycles. The predicted molar refractivity (Wildman–Crippen MR) is 105 cm³/mol. The molecule has 0 bridgehead atoms. The number of nitrogens with zero attached hydrogens (tertiary/aromatic N) is 1. The van der Waals surface area contributed by atoms with Crippen molar-refractivity contribution in [3.05, 3.63) is 75.5 Å². The molecule has 0 aliphatic carbocycles. The number of aromatic nitrogens is 1. The first-order valence-electron chi connectivity index (χ1n) is 8.46. The van der Waals surface area contributed by atoms with Crippen LogP contribution in [0.2, 0.25) is 0 Å². The van der Waals surface area contributed by atoms with Crippen molar-refractivity contribution in [1.82, 2.24) is 10.3 Å². The lowest BCUT2D eigenvalue weighted by atomic mass is 10.2. The van der Waals surface area contributed by atoms with Gasteiger partial charge in [-0.3, -0.25) is 4.79 Å². The summed E-state index contributed by atoms with van der Waals surface area (Å²) in [6, 6.07) is 12.2. The van der Waals surface area contributed by atoms with Crippen molar-refractivity contribution in [3.63, 3.8) is 0 Å². The number of hydrogen-bond donors (Lipinski definition) is 2. The zero-order valence-electron chi connectivity index (χ0n) is 15.0. The minimum Gasteiger partial charge on any atom is -0.508 e. The van der Waals surface area contributed by atoms with E-state index in [1.807, 2.05) is 0 Å². The number of benzene rings is 2. The van der Waals surface area contributed by atoms with E-state index in [1.165, 1.54) is 35.6 Å². The largest absolute Gasteiger partial charge is 0.508 e. The second-order valence-electron chi connectivity index (χ2n) is 5.79. The summed E-state index contributed by atoms with van der Waals surface area (Å²) in [5, 5.41) is 12.6. The third kappa shape index (κ3) is 5.32. The van der Waals surface area contributed by atoms with Gasteiger partial charge in [-0.05, 0) is 61.4 Å². The molecule has 3 rings (SSSR count). The molecule has 2 aromatic carbocycles. The third-order valence-corrected chi connectivity index (χ3v) is 4.73. The summed E-state index contributed by atoms with van der Waals surface area (Å²) in [6.07, 6.45) is 0. The van der Waals surface area contributed by atoms with Gasteiger partial charge >= 0.3 is 0 Å². The Hall–Kier alpha value is -3.37. The highest BCUT2D eigenvalue weighted by atomic mass is 32.1. The maximum absolute atomic E-state index is 12.8. The molecule has 28 heavy (non-hydrogen) atoms. The number of aromatic hydroxyl groups is 1. The Morgan fingerprint density at radius 3 is 2.61 bits per heavy atom. The van der Waals surface area contributed by atoms with Crippen LogP contribution in [-0.2, 0) is 0 Å². The van der Waals surface area contributed by atoms with Crippen molar-refractivity contribution in [2.45, 2.75) is 6.92 Å². The molecule has 0 fully saturated rings. The van der Waals surface area contributed by atoms with Gasteiger partial charge in [0, 0.05) is 5.56 Å². The number of amides is 1. The standard InChI is InChI=1S/C21H17FN2O3S/c1-14-20(21(26)23-12-13-27-18-9-5-16(22)6-10-18)28-19(24-14)11-4-15-2-7-17(25)8-3-15/h2-3,5-10,25H,12-13H2,1H3,(H,23,26). The molecule has 0 unspecified atom stereocenters. The van der Waals surface area contributed by atoms with E-state index in [4.69, 9.17) is 4.74 Å². The van der Waals surface area contributed by atoms with Gasteiger partial charge in [-0.15, -0.1) is 11.3 Å². The molecule has 1 aromatic heterocycles. The zero-order chi connectivity index (χ0) is 19.9. The minimum absolute atomic E-state index is 0.179. The Morgan fingerprint density at radius 1 is 1.18 bits per heavy atom. The summed E-state index contributed by atoms with van der Waals surface area (Å²) >= 11 is 1.22. The Kier molecular flexibility index (Phi) is 6.25. The fraction of sp³-hybridized carbons (Fsp3) is 0.143. The van der Waals surface area contributed by atoms with E-state index < -0.39 is 0 Å². The molecular formula is C21H17FN2O3S. The molecule has 1 heterocycles. The smallest absolute Gasteiger partial charge is 0.263 e. The monoisotopic (exact) mass is 396 g/mol. The van der Waals surface area contributed by atoms with Crippen LogP contribution in [0.4, 0.5) is 4.39 Å². The van der Waals surface area contributed by atoms with Crippen molar-refractivity contribution < 1.29 is 19.0 Å². The fourth-order valence-corrected chi connectivity index (χ4v) is 3.11. The molecule has 2 N–H and O–H groups in total. The Balaban J connectivity index is 1.54. The van der Waals surface area contributed by atoms with Gasteiger partial charge in [-0.1, -0.05) is 5.92 Å². The maximum atomic E-state index is 12.8. The molecule has 0 spiro atoms. The molecule has 3 aromatic rings. The van der Waals surface area contributed by atoms with Crippen LogP contribution in [0.5, 0.6) is 11.5 Å². The number of phenols is 1. The number of halogens is 1. The highest BCUT2D eigenvalue weighted by Gasteiger charge is 2.14. The van der Waals surface area contributed by atoms with Gasteiger partial charge in [0.1, 0.15) is 28.8 Å². The molecular weight excluding hydrogens is 379 g/mol. The van der Waals surface area contributed by atoms with Gasteiger partial charge in [0.05, 0.1) is 12.2 Å². The van der Waals surface area contributed by atoms with Crippen LogP contribution in [-0.4, -0.2) is 29.1 Å². The van der Waals surface area contributed by atoms with Gasteiger partial charge in [-0.25, -0.2) is 9.37 Å². The van der Waals surface area contributed by atoms with Gasteiger partial charge in [0.25, 0.3) is 5.91 Å². The maximum Gasteiger partial charge on any atom is 0.263 e. The average Bonchev–Trinajstić information content (AvgIpc) is 3.07. The van der Waals surface area contributed by atoms with Crippen molar-refractivity contribution >= 4 is 17.2 Å².